The zero-order valence-electron chi connectivity index (χ0n) is 14.0. The second-order valence-electron chi connectivity index (χ2n) is 6.74. The second-order valence-corrected chi connectivity index (χ2v) is 7.62. The van der Waals surface area contributed by atoms with Crippen molar-refractivity contribution in [1.29, 1.82) is 0 Å². The molecule has 2 aromatic heterocycles. The Bertz CT molecular complexity index is 934. The van der Waals surface area contributed by atoms with Gasteiger partial charge in [0, 0.05) is 46.7 Å². The van der Waals surface area contributed by atoms with Crippen LogP contribution in [0.1, 0.15) is 18.4 Å². The van der Waals surface area contributed by atoms with E-state index in [4.69, 9.17) is 0 Å². The molecule has 5 rings (SSSR count). The number of hydrogen-bond donors (Lipinski definition) is 0. The molecule has 0 amide bonds. The van der Waals surface area contributed by atoms with Crippen molar-refractivity contribution >= 4 is 23.4 Å². The molecule has 3 aromatic rings. The summed E-state index contributed by atoms with van der Waals surface area (Å²) in [7, 11) is 0. The maximum Gasteiger partial charge on any atom is 0.229 e. The van der Waals surface area contributed by atoms with E-state index in [9.17, 15) is 0 Å². The minimum absolute atomic E-state index is 0.340. The molecule has 1 fully saturated rings. The van der Waals surface area contributed by atoms with Gasteiger partial charge in [0.1, 0.15) is 0 Å². The molecule has 2 aliphatic rings. The van der Waals surface area contributed by atoms with Gasteiger partial charge >= 0.3 is 0 Å². The van der Waals surface area contributed by atoms with Crippen molar-refractivity contribution in [3.8, 4) is 11.3 Å². The van der Waals surface area contributed by atoms with Crippen LogP contribution in [0.4, 0.5) is 11.6 Å². The number of para-hydroxylation sites is 1. The highest BCUT2D eigenvalue weighted by molar-refractivity contribution is 7.98. The molecule has 4 nitrogen and oxygen atoms in total. The van der Waals surface area contributed by atoms with Crippen molar-refractivity contribution in [3.63, 3.8) is 0 Å². The standard InChI is InChI=1S/C20H18N4S/c1-25-15-6-9-21-17(10-15)14-11-22-19(23-12-14)24-13-20(7-8-20)16-4-2-3-5-18(16)24/h2-6,9-12H,7-8,13H2,1H3. The number of anilines is 2. The van der Waals surface area contributed by atoms with E-state index in [1.807, 2.05) is 24.7 Å². The maximum absolute atomic E-state index is 4.65. The van der Waals surface area contributed by atoms with Gasteiger partial charge in [0.2, 0.25) is 5.95 Å². The number of fused-ring (bicyclic) bond motifs is 2. The summed E-state index contributed by atoms with van der Waals surface area (Å²) >= 11 is 1.71. The highest BCUT2D eigenvalue weighted by atomic mass is 32.2. The van der Waals surface area contributed by atoms with Gasteiger partial charge in [-0.2, -0.15) is 0 Å². The highest BCUT2D eigenvalue weighted by Crippen LogP contribution is 2.57. The van der Waals surface area contributed by atoms with Crippen molar-refractivity contribution < 1.29 is 0 Å². The fourth-order valence-corrected chi connectivity index (χ4v) is 4.10. The summed E-state index contributed by atoms with van der Waals surface area (Å²) in [6, 6.07) is 12.8. The van der Waals surface area contributed by atoms with E-state index in [1.54, 1.807) is 11.8 Å². The van der Waals surface area contributed by atoms with E-state index in [0.717, 1.165) is 23.8 Å². The number of pyridine rings is 1. The molecule has 25 heavy (non-hydrogen) atoms. The predicted molar refractivity (Wildman–Crippen MR) is 101 cm³/mol. The van der Waals surface area contributed by atoms with Crippen LogP contribution < -0.4 is 4.90 Å². The lowest BCUT2D eigenvalue weighted by Gasteiger charge is -2.17. The lowest BCUT2D eigenvalue weighted by Crippen LogP contribution is -2.21. The zero-order chi connectivity index (χ0) is 16.9. The molecule has 0 N–H and O–H groups in total. The molecule has 0 saturated heterocycles. The molecule has 0 unspecified atom stereocenters. The summed E-state index contributed by atoms with van der Waals surface area (Å²) in [6.07, 6.45) is 10.2. The molecular formula is C20H18N4S. The minimum Gasteiger partial charge on any atom is -0.309 e. The van der Waals surface area contributed by atoms with Crippen molar-refractivity contribution in [2.45, 2.75) is 23.2 Å². The molecule has 1 saturated carbocycles. The van der Waals surface area contributed by atoms with E-state index in [0.29, 0.717) is 5.41 Å². The third kappa shape index (κ3) is 2.42. The van der Waals surface area contributed by atoms with E-state index in [1.165, 1.54) is 29.0 Å². The van der Waals surface area contributed by atoms with Crippen molar-refractivity contribution in [3.05, 3.63) is 60.6 Å². The summed E-state index contributed by atoms with van der Waals surface area (Å²) in [6.45, 7) is 0.992. The van der Waals surface area contributed by atoms with Gasteiger partial charge in [-0.1, -0.05) is 18.2 Å². The Morgan fingerprint density at radius 3 is 2.60 bits per heavy atom. The van der Waals surface area contributed by atoms with Gasteiger partial charge in [-0.3, -0.25) is 4.98 Å². The molecule has 0 radical (unpaired) electrons. The van der Waals surface area contributed by atoms with Crippen LogP contribution >= 0.6 is 11.8 Å². The van der Waals surface area contributed by atoms with Crippen molar-refractivity contribution in [1.82, 2.24) is 15.0 Å². The van der Waals surface area contributed by atoms with Crippen LogP contribution in [-0.2, 0) is 5.41 Å². The Balaban J connectivity index is 1.48. The first-order valence-electron chi connectivity index (χ1n) is 8.49. The van der Waals surface area contributed by atoms with E-state index in [2.05, 4.69) is 56.4 Å². The Morgan fingerprint density at radius 2 is 1.84 bits per heavy atom. The Labute approximate surface area is 151 Å². The summed E-state index contributed by atoms with van der Waals surface area (Å²) in [5, 5.41) is 0. The van der Waals surface area contributed by atoms with Gasteiger partial charge in [0.25, 0.3) is 0 Å². The maximum atomic E-state index is 4.65. The van der Waals surface area contributed by atoms with E-state index >= 15 is 0 Å². The predicted octanol–water partition coefficient (Wildman–Crippen LogP) is 4.44. The molecule has 1 aliphatic heterocycles. The first-order valence-corrected chi connectivity index (χ1v) is 9.71. The summed E-state index contributed by atoms with van der Waals surface area (Å²) in [4.78, 5) is 17.2. The minimum atomic E-state index is 0.340. The van der Waals surface area contributed by atoms with Gasteiger partial charge in [0.05, 0.1) is 5.69 Å². The normalized spacial score (nSPS) is 16.9. The monoisotopic (exact) mass is 346 g/mol. The molecule has 124 valence electrons. The lowest BCUT2D eigenvalue weighted by molar-refractivity contribution is 0.735. The summed E-state index contributed by atoms with van der Waals surface area (Å²) < 4.78 is 0. The molecule has 0 bridgehead atoms. The van der Waals surface area contributed by atoms with Crippen molar-refractivity contribution in [2.24, 2.45) is 0 Å². The lowest BCUT2D eigenvalue weighted by atomic mass is 9.99. The van der Waals surface area contributed by atoms with Crippen LogP contribution in [-0.4, -0.2) is 27.8 Å². The fraction of sp³-hybridized carbons (Fsp3) is 0.250. The van der Waals surface area contributed by atoms with Gasteiger partial charge < -0.3 is 4.90 Å². The van der Waals surface area contributed by atoms with Gasteiger partial charge in [-0.15, -0.1) is 11.8 Å². The highest BCUT2D eigenvalue weighted by Gasteiger charge is 2.52. The largest absolute Gasteiger partial charge is 0.309 e. The summed E-state index contributed by atoms with van der Waals surface area (Å²) in [5.74, 6) is 0.779. The fourth-order valence-electron chi connectivity index (χ4n) is 3.68. The average Bonchev–Trinajstić information content (AvgIpc) is 3.39. The number of aromatic nitrogens is 3. The van der Waals surface area contributed by atoms with Crippen LogP contribution in [0, 0.1) is 0 Å². The molecule has 1 aliphatic carbocycles. The number of hydrogen-bond acceptors (Lipinski definition) is 5. The first-order chi connectivity index (χ1) is 12.3. The smallest absolute Gasteiger partial charge is 0.229 e. The number of nitrogens with zero attached hydrogens (tertiary/aromatic N) is 4. The van der Waals surface area contributed by atoms with Gasteiger partial charge in [-0.05, 0) is 42.9 Å². The van der Waals surface area contributed by atoms with Gasteiger partial charge in [0.15, 0.2) is 0 Å². The molecule has 1 aromatic carbocycles. The quantitative estimate of drug-likeness (QED) is 0.656. The Kier molecular flexibility index (Phi) is 3.31. The van der Waals surface area contributed by atoms with Crippen LogP contribution in [0.3, 0.4) is 0 Å². The molecule has 1 spiro atoms. The molecular weight excluding hydrogens is 328 g/mol. The first kappa shape index (κ1) is 14.9. The number of thioether (sulfide) groups is 1. The van der Waals surface area contributed by atoms with Crippen LogP contribution in [0.25, 0.3) is 11.3 Å². The number of benzene rings is 1. The van der Waals surface area contributed by atoms with Gasteiger partial charge in [-0.25, -0.2) is 9.97 Å². The van der Waals surface area contributed by atoms with Crippen LogP contribution in [0.5, 0.6) is 0 Å². The third-order valence-electron chi connectivity index (χ3n) is 5.22. The molecule has 0 atom stereocenters. The van der Waals surface area contributed by atoms with Crippen molar-refractivity contribution in [2.75, 3.05) is 17.7 Å². The molecule has 3 heterocycles. The van der Waals surface area contributed by atoms with Crippen LogP contribution in [0.15, 0.2) is 59.9 Å². The van der Waals surface area contributed by atoms with Crippen LogP contribution in [0.2, 0.25) is 0 Å². The Hall–Kier alpha value is -2.40. The second kappa shape index (κ2) is 5.56. The van der Waals surface area contributed by atoms with E-state index in [-0.39, 0.29) is 0 Å². The average molecular weight is 346 g/mol. The van der Waals surface area contributed by atoms with E-state index < -0.39 is 0 Å². The number of rotatable bonds is 3. The SMILES string of the molecule is CSc1ccnc(-c2cnc(N3CC4(CC4)c4ccccc43)nc2)c1. The topological polar surface area (TPSA) is 41.9 Å². The Morgan fingerprint density at radius 1 is 1.04 bits per heavy atom. The summed E-state index contributed by atoms with van der Waals surface area (Å²) in [5.41, 5.74) is 4.92. The zero-order valence-corrected chi connectivity index (χ0v) is 14.8. The molecule has 5 heteroatoms. The third-order valence-corrected chi connectivity index (χ3v) is 5.95.